The Kier molecular flexibility index (Phi) is 5.06. The van der Waals surface area contributed by atoms with Crippen molar-refractivity contribution in [1.29, 1.82) is 0 Å². The fraction of sp³-hybridized carbons (Fsp3) is 0.250. The molecule has 0 atom stereocenters. The molecule has 100 valence electrons. The molecule has 0 unspecified atom stereocenters. The van der Waals surface area contributed by atoms with Gasteiger partial charge in [-0.05, 0) is 59.6 Å². The molecule has 0 heterocycles. The van der Waals surface area contributed by atoms with E-state index in [1.165, 1.54) is 22.5 Å². The van der Waals surface area contributed by atoms with Gasteiger partial charge in [-0.3, -0.25) is 0 Å². The summed E-state index contributed by atoms with van der Waals surface area (Å²) in [4.78, 5) is 2.31. The molecule has 3 heteroatoms. The van der Waals surface area contributed by atoms with Crippen LogP contribution in [0.5, 0.6) is 0 Å². The van der Waals surface area contributed by atoms with Gasteiger partial charge in [0.25, 0.3) is 0 Å². The maximum Gasteiger partial charge on any atom is 0.0555 e. The third kappa shape index (κ3) is 3.40. The normalized spacial score (nSPS) is 10.5. The molecule has 0 spiro atoms. The summed E-state index contributed by atoms with van der Waals surface area (Å²) in [6.45, 7) is 5.22. The summed E-state index contributed by atoms with van der Waals surface area (Å²) in [7, 11) is 0. The van der Waals surface area contributed by atoms with Crippen molar-refractivity contribution in [3.8, 4) is 0 Å². The van der Waals surface area contributed by atoms with Crippen molar-refractivity contribution in [2.24, 2.45) is 0 Å². The largest absolute Gasteiger partial charge is 0.341 e. The molecule has 0 fully saturated rings. The van der Waals surface area contributed by atoms with E-state index in [1.54, 1.807) is 0 Å². The fourth-order valence-corrected chi connectivity index (χ4v) is 3.06. The summed E-state index contributed by atoms with van der Waals surface area (Å²) < 4.78 is 1.13. The maximum atomic E-state index is 3.68. The first-order valence-corrected chi connectivity index (χ1v) is 8.25. The average molecular weight is 383 g/mol. The van der Waals surface area contributed by atoms with Crippen LogP contribution in [0, 0.1) is 6.92 Å². The molecule has 0 aliphatic heterocycles. The molecule has 0 saturated heterocycles. The lowest BCUT2D eigenvalue weighted by molar-refractivity contribution is 1.02. The molecular formula is C16H17Br2N. The SMILES string of the molecule is CCN(c1ccc(C)cc1)c1ccc(CBr)cc1Br. The van der Waals surface area contributed by atoms with E-state index in [1.807, 2.05) is 0 Å². The monoisotopic (exact) mass is 381 g/mol. The van der Waals surface area contributed by atoms with Gasteiger partial charge in [-0.25, -0.2) is 0 Å². The van der Waals surface area contributed by atoms with Gasteiger partial charge in [0.15, 0.2) is 0 Å². The summed E-state index contributed by atoms with van der Waals surface area (Å²) in [6, 6.07) is 15.1. The number of aryl methyl sites for hydroxylation is 1. The highest BCUT2D eigenvalue weighted by molar-refractivity contribution is 9.10. The first-order valence-electron chi connectivity index (χ1n) is 6.34. The molecule has 2 rings (SSSR count). The van der Waals surface area contributed by atoms with Gasteiger partial charge in [-0.1, -0.05) is 39.7 Å². The van der Waals surface area contributed by atoms with E-state index in [0.29, 0.717) is 0 Å². The second-order valence-corrected chi connectivity index (χ2v) is 5.91. The molecule has 0 aromatic heterocycles. The summed E-state index contributed by atoms with van der Waals surface area (Å²) in [5, 5.41) is 0.878. The lowest BCUT2D eigenvalue weighted by Gasteiger charge is -2.25. The first kappa shape index (κ1) is 14.6. The van der Waals surface area contributed by atoms with Crippen LogP contribution in [-0.2, 0) is 5.33 Å². The van der Waals surface area contributed by atoms with Gasteiger partial charge in [-0.2, -0.15) is 0 Å². The Morgan fingerprint density at radius 3 is 2.26 bits per heavy atom. The lowest BCUT2D eigenvalue weighted by Crippen LogP contribution is -2.16. The predicted octanol–water partition coefficient (Wildman–Crippen LogP) is 5.81. The molecule has 2 aromatic carbocycles. The molecule has 19 heavy (non-hydrogen) atoms. The molecular weight excluding hydrogens is 366 g/mol. The van der Waals surface area contributed by atoms with Gasteiger partial charge < -0.3 is 4.90 Å². The molecule has 0 aliphatic carbocycles. The number of nitrogens with zero attached hydrogens (tertiary/aromatic N) is 1. The highest BCUT2D eigenvalue weighted by atomic mass is 79.9. The van der Waals surface area contributed by atoms with E-state index in [0.717, 1.165) is 16.3 Å². The smallest absolute Gasteiger partial charge is 0.0555 e. The van der Waals surface area contributed by atoms with Crippen LogP contribution in [0.2, 0.25) is 0 Å². The van der Waals surface area contributed by atoms with Gasteiger partial charge in [-0.15, -0.1) is 0 Å². The third-order valence-corrected chi connectivity index (χ3v) is 4.40. The molecule has 0 bridgehead atoms. The van der Waals surface area contributed by atoms with E-state index in [2.05, 4.69) is 93.1 Å². The Labute approximate surface area is 131 Å². The van der Waals surface area contributed by atoms with E-state index >= 15 is 0 Å². The minimum absolute atomic E-state index is 0.878. The zero-order valence-electron chi connectivity index (χ0n) is 11.2. The zero-order chi connectivity index (χ0) is 13.8. The number of rotatable bonds is 4. The van der Waals surface area contributed by atoms with Gasteiger partial charge in [0.1, 0.15) is 0 Å². The van der Waals surface area contributed by atoms with Crippen LogP contribution in [0.25, 0.3) is 0 Å². The Bertz CT molecular complexity index is 549. The Morgan fingerprint density at radius 2 is 1.74 bits per heavy atom. The number of hydrogen-bond donors (Lipinski definition) is 0. The van der Waals surface area contributed by atoms with Gasteiger partial charge >= 0.3 is 0 Å². The molecule has 0 saturated carbocycles. The molecule has 0 aliphatic rings. The molecule has 1 nitrogen and oxygen atoms in total. The highest BCUT2D eigenvalue weighted by Gasteiger charge is 2.10. The van der Waals surface area contributed by atoms with Crippen LogP contribution < -0.4 is 4.90 Å². The van der Waals surface area contributed by atoms with Crippen molar-refractivity contribution in [2.75, 3.05) is 11.4 Å². The van der Waals surface area contributed by atoms with Crippen LogP contribution >= 0.6 is 31.9 Å². The minimum atomic E-state index is 0.878. The van der Waals surface area contributed by atoms with Crippen molar-refractivity contribution < 1.29 is 0 Å². The topological polar surface area (TPSA) is 3.24 Å². The summed E-state index contributed by atoms with van der Waals surface area (Å²) in [5.41, 5.74) is 4.99. The predicted molar refractivity (Wildman–Crippen MR) is 90.6 cm³/mol. The van der Waals surface area contributed by atoms with Crippen molar-refractivity contribution in [1.82, 2.24) is 0 Å². The van der Waals surface area contributed by atoms with E-state index < -0.39 is 0 Å². The van der Waals surface area contributed by atoms with Gasteiger partial charge in [0.05, 0.1) is 5.69 Å². The van der Waals surface area contributed by atoms with E-state index in [9.17, 15) is 0 Å². The number of alkyl halides is 1. The average Bonchev–Trinajstić information content (AvgIpc) is 2.43. The number of benzene rings is 2. The number of anilines is 2. The Morgan fingerprint density at radius 1 is 1.05 bits per heavy atom. The second kappa shape index (κ2) is 6.58. The van der Waals surface area contributed by atoms with E-state index in [-0.39, 0.29) is 0 Å². The van der Waals surface area contributed by atoms with E-state index in [4.69, 9.17) is 0 Å². The van der Waals surface area contributed by atoms with Crippen molar-refractivity contribution >= 4 is 43.2 Å². The van der Waals surface area contributed by atoms with Crippen molar-refractivity contribution in [3.63, 3.8) is 0 Å². The minimum Gasteiger partial charge on any atom is -0.341 e. The quantitative estimate of drug-likeness (QED) is 0.603. The molecule has 0 N–H and O–H groups in total. The van der Waals surface area contributed by atoms with Crippen LogP contribution in [0.4, 0.5) is 11.4 Å². The Balaban J connectivity index is 2.39. The number of halogens is 2. The first-order chi connectivity index (χ1) is 9.15. The van der Waals surface area contributed by atoms with Gasteiger partial charge in [0, 0.05) is 22.0 Å². The molecule has 0 amide bonds. The Hall–Kier alpha value is -0.800. The summed E-state index contributed by atoms with van der Waals surface area (Å²) in [5.74, 6) is 0. The second-order valence-electron chi connectivity index (χ2n) is 4.50. The van der Waals surface area contributed by atoms with Crippen LogP contribution in [0.15, 0.2) is 46.9 Å². The van der Waals surface area contributed by atoms with Crippen LogP contribution in [0.1, 0.15) is 18.1 Å². The zero-order valence-corrected chi connectivity index (χ0v) is 14.3. The number of hydrogen-bond acceptors (Lipinski definition) is 1. The van der Waals surface area contributed by atoms with Crippen LogP contribution in [0.3, 0.4) is 0 Å². The summed E-state index contributed by atoms with van der Waals surface area (Å²) in [6.07, 6.45) is 0. The van der Waals surface area contributed by atoms with Crippen LogP contribution in [-0.4, -0.2) is 6.54 Å². The molecule has 0 radical (unpaired) electrons. The van der Waals surface area contributed by atoms with Gasteiger partial charge in [0.2, 0.25) is 0 Å². The standard InChI is InChI=1S/C16H17Br2N/c1-3-19(14-7-4-12(2)5-8-14)16-9-6-13(11-17)10-15(16)18/h4-10H,3,11H2,1-2H3. The van der Waals surface area contributed by atoms with Crippen molar-refractivity contribution in [2.45, 2.75) is 19.2 Å². The summed E-state index contributed by atoms with van der Waals surface area (Å²) >= 11 is 7.17. The fourth-order valence-electron chi connectivity index (χ4n) is 2.07. The highest BCUT2D eigenvalue weighted by Crippen LogP contribution is 2.33. The molecule has 2 aromatic rings. The lowest BCUT2D eigenvalue weighted by atomic mass is 10.1. The van der Waals surface area contributed by atoms with Crippen molar-refractivity contribution in [3.05, 3.63) is 58.1 Å². The maximum absolute atomic E-state index is 3.68. The third-order valence-electron chi connectivity index (χ3n) is 3.12.